The van der Waals surface area contributed by atoms with E-state index in [2.05, 4.69) is 17.2 Å². The number of para-hydroxylation sites is 2. The highest BCUT2D eigenvalue weighted by Gasteiger charge is 2.43. The standard InChI is InChI=1S/C23H28N6O/c1-2-16-10-4-6-12-18(16)26-20(30)17-11-5-7-13-19(17)29-22(25)27-21(24)28-23(29)14-8-3-9-15-23/h4-7,10-13H,2-3,8-9,14-15H2,1H3,(H,26,30)(H4,24,25,27,28). The highest BCUT2D eigenvalue weighted by Crippen LogP contribution is 2.40. The van der Waals surface area contributed by atoms with Crippen molar-refractivity contribution in [2.24, 2.45) is 21.5 Å². The molecule has 1 aliphatic carbocycles. The smallest absolute Gasteiger partial charge is 0.257 e. The third-order valence-electron chi connectivity index (χ3n) is 5.89. The number of amides is 1. The van der Waals surface area contributed by atoms with Crippen LogP contribution in [0.15, 0.2) is 58.5 Å². The average Bonchev–Trinajstić information content (AvgIpc) is 2.74. The maximum absolute atomic E-state index is 13.3. The monoisotopic (exact) mass is 404 g/mol. The molecule has 1 fully saturated rings. The van der Waals surface area contributed by atoms with Crippen LogP contribution >= 0.6 is 0 Å². The van der Waals surface area contributed by atoms with Crippen molar-refractivity contribution < 1.29 is 4.79 Å². The van der Waals surface area contributed by atoms with Gasteiger partial charge in [-0.1, -0.05) is 43.7 Å². The number of benzene rings is 2. The van der Waals surface area contributed by atoms with Crippen LogP contribution in [0.3, 0.4) is 0 Å². The van der Waals surface area contributed by atoms with Crippen LogP contribution in [0.1, 0.15) is 54.9 Å². The van der Waals surface area contributed by atoms with Crippen molar-refractivity contribution in [3.8, 4) is 0 Å². The van der Waals surface area contributed by atoms with Gasteiger partial charge in [0.25, 0.3) is 5.91 Å². The Labute approximate surface area is 176 Å². The first-order chi connectivity index (χ1) is 14.5. The molecular weight excluding hydrogens is 376 g/mol. The van der Waals surface area contributed by atoms with E-state index >= 15 is 0 Å². The largest absolute Gasteiger partial charge is 0.369 e. The Bertz CT molecular complexity index is 1010. The summed E-state index contributed by atoms with van der Waals surface area (Å²) in [4.78, 5) is 24.1. The molecule has 0 aromatic heterocycles. The Hall–Kier alpha value is -3.35. The summed E-state index contributed by atoms with van der Waals surface area (Å²) in [6, 6.07) is 15.3. The van der Waals surface area contributed by atoms with Gasteiger partial charge in [-0.15, -0.1) is 0 Å². The molecule has 156 valence electrons. The third kappa shape index (κ3) is 3.63. The molecule has 0 bridgehead atoms. The van der Waals surface area contributed by atoms with Crippen LogP contribution in [0.5, 0.6) is 0 Å². The zero-order chi connectivity index (χ0) is 21.1. The second-order valence-corrected chi connectivity index (χ2v) is 7.80. The molecule has 1 amide bonds. The van der Waals surface area contributed by atoms with Crippen molar-refractivity contribution in [1.29, 1.82) is 0 Å². The lowest BCUT2D eigenvalue weighted by molar-refractivity contribution is 0.102. The number of aryl methyl sites for hydroxylation is 1. The minimum Gasteiger partial charge on any atom is -0.369 e. The van der Waals surface area contributed by atoms with Gasteiger partial charge in [-0.2, -0.15) is 4.99 Å². The Morgan fingerprint density at radius 3 is 2.53 bits per heavy atom. The second kappa shape index (κ2) is 8.18. The number of nitrogens with zero attached hydrogens (tertiary/aromatic N) is 3. The summed E-state index contributed by atoms with van der Waals surface area (Å²) in [5, 5.41) is 3.07. The number of carbonyl (C=O) groups excluding carboxylic acids is 1. The summed E-state index contributed by atoms with van der Waals surface area (Å²) in [5.74, 6) is 0.288. The minimum absolute atomic E-state index is 0.187. The summed E-state index contributed by atoms with van der Waals surface area (Å²) in [6.45, 7) is 2.07. The van der Waals surface area contributed by atoms with Gasteiger partial charge in [-0.05, 0) is 55.9 Å². The molecule has 4 rings (SSSR count). The van der Waals surface area contributed by atoms with Gasteiger partial charge in [-0.3, -0.25) is 9.69 Å². The zero-order valence-electron chi connectivity index (χ0n) is 17.3. The SMILES string of the molecule is CCc1ccccc1NC(=O)c1ccccc1N1C(N)=NC(N)=NC12CCCCC2. The van der Waals surface area contributed by atoms with E-state index < -0.39 is 5.66 Å². The summed E-state index contributed by atoms with van der Waals surface area (Å²) in [6.07, 6.45) is 5.67. The van der Waals surface area contributed by atoms with Crippen LogP contribution in [-0.4, -0.2) is 23.5 Å². The van der Waals surface area contributed by atoms with Crippen molar-refractivity contribution in [3.05, 3.63) is 59.7 Å². The quantitative estimate of drug-likeness (QED) is 0.723. The number of nitrogens with one attached hydrogen (secondary N) is 1. The van der Waals surface area contributed by atoms with E-state index in [1.807, 2.05) is 53.4 Å². The number of hydrogen-bond acceptors (Lipinski definition) is 6. The fourth-order valence-electron chi connectivity index (χ4n) is 4.47. The summed E-state index contributed by atoms with van der Waals surface area (Å²) in [7, 11) is 0. The Balaban J connectivity index is 1.74. The van der Waals surface area contributed by atoms with Gasteiger partial charge >= 0.3 is 0 Å². The lowest BCUT2D eigenvalue weighted by Gasteiger charge is -2.46. The number of guanidine groups is 2. The number of nitrogens with two attached hydrogens (primary N) is 2. The van der Waals surface area contributed by atoms with Gasteiger partial charge in [0, 0.05) is 5.69 Å². The molecule has 5 N–H and O–H groups in total. The van der Waals surface area contributed by atoms with Gasteiger partial charge in [0.15, 0.2) is 0 Å². The normalized spacial score (nSPS) is 18.0. The van der Waals surface area contributed by atoms with E-state index in [0.29, 0.717) is 11.3 Å². The van der Waals surface area contributed by atoms with Crippen LogP contribution in [0.2, 0.25) is 0 Å². The van der Waals surface area contributed by atoms with E-state index in [9.17, 15) is 4.79 Å². The third-order valence-corrected chi connectivity index (χ3v) is 5.89. The van der Waals surface area contributed by atoms with Crippen molar-refractivity contribution >= 4 is 29.2 Å². The van der Waals surface area contributed by atoms with Gasteiger partial charge in [0.2, 0.25) is 11.9 Å². The first-order valence-electron chi connectivity index (χ1n) is 10.5. The fraction of sp³-hybridized carbons (Fsp3) is 0.348. The Morgan fingerprint density at radius 2 is 1.77 bits per heavy atom. The van der Waals surface area contributed by atoms with Gasteiger partial charge in [-0.25, -0.2) is 4.99 Å². The molecular formula is C23H28N6O. The van der Waals surface area contributed by atoms with Crippen molar-refractivity contribution in [1.82, 2.24) is 0 Å². The minimum atomic E-state index is -0.591. The molecule has 2 aliphatic rings. The molecule has 7 nitrogen and oxygen atoms in total. The molecule has 1 aliphatic heterocycles. The van der Waals surface area contributed by atoms with E-state index in [1.54, 1.807) is 0 Å². The molecule has 0 atom stereocenters. The first kappa shape index (κ1) is 19.9. The Kier molecular flexibility index (Phi) is 5.44. The van der Waals surface area contributed by atoms with E-state index in [1.165, 1.54) is 0 Å². The molecule has 30 heavy (non-hydrogen) atoms. The molecule has 1 saturated carbocycles. The van der Waals surface area contributed by atoms with Crippen LogP contribution in [-0.2, 0) is 6.42 Å². The topological polar surface area (TPSA) is 109 Å². The predicted octanol–water partition coefficient (Wildman–Crippen LogP) is 3.61. The number of aliphatic imine (C=N–C) groups is 2. The number of rotatable bonds is 4. The number of anilines is 2. The van der Waals surface area contributed by atoms with Gasteiger partial charge in [0.05, 0.1) is 11.3 Å². The molecule has 7 heteroatoms. The molecule has 0 radical (unpaired) electrons. The Morgan fingerprint density at radius 1 is 1.07 bits per heavy atom. The fourth-order valence-corrected chi connectivity index (χ4v) is 4.47. The van der Waals surface area contributed by atoms with Gasteiger partial charge in [0.1, 0.15) is 5.66 Å². The van der Waals surface area contributed by atoms with Crippen LogP contribution in [0.4, 0.5) is 11.4 Å². The van der Waals surface area contributed by atoms with E-state index in [-0.39, 0.29) is 17.8 Å². The van der Waals surface area contributed by atoms with Crippen LogP contribution < -0.4 is 21.7 Å². The number of carbonyl (C=O) groups is 1. The van der Waals surface area contributed by atoms with E-state index in [4.69, 9.17) is 16.5 Å². The lowest BCUT2D eigenvalue weighted by atomic mass is 9.87. The molecule has 1 spiro atoms. The zero-order valence-corrected chi connectivity index (χ0v) is 17.3. The maximum atomic E-state index is 13.3. The summed E-state index contributed by atoms with van der Waals surface area (Å²) < 4.78 is 0. The van der Waals surface area contributed by atoms with Crippen LogP contribution in [0, 0.1) is 0 Å². The molecule has 0 unspecified atom stereocenters. The van der Waals surface area contributed by atoms with Crippen molar-refractivity contribution in [2.75, 3.05) is 10.2 Å². The number of hydrogen-bond donors (Lipinski definition) is 3. The second-order valence-electron chi connectivity index (χ2n) is 7.80. The van der Waals surface area contributed by atoms with Crippen molar-refractivity contribution in [2.45, 2.75) is 51.1 Å². The first-order valence-corrected chi connectivity index (χ1v) is 10.5. The van der Waals surface area contributed by atoms with Crippen LogP contribution in [0.25, 0.3) is 0 Å². The average molecular weight is 405 g/mol. The molecule has 0 saturated heterocycles. The van der Waals surface area contributed by atoms with E-state index in [0.717, 1.165) is 49.8 Å². The molecule has 2 aromatic carbocycles. The summed E-state index contributed by atoms with van der Waals surface area (Å²) >= 11 is 0. The summed E-state index contributed by atoms with van der Waals surface area (Å²) in [5.41, 5.74) is 14.9. The maximum Gasteiger partial charge on any atom is 0.257 e. The van der Waals surface area contributed by atoms with Gasteiger partial charge < -0.3 is 16.8 Å². The highest BCUT2D eigenvalue weighted by atomic mass is 16.1. The predicted molar refractivity (Wildman–Crippen MR) is 122 cm³/mol. The van der Waals surface area contributed by atoms with Crippen molar-refractivity contribution in [3.63, 3.8) is 0 Å². The molecule has 1 heterocycles. The lowest BCUT2D eigenvalue weighted by Crippen LogP contribution is -2.58. The molecule has 2 aromatic rings. The highest BCUT2D eigenvalue weighted by molar-refractivity contribution is 6.13.